The third-order valence-electron chi connectivity index (χ3n) is 3.87. The molecule has 4 nitrogen and oxygen atoms in total. The Morgan fingerprint density at radius 2 is 2.14 bits per heavy atom. The molecule has 1 fully saturated rings. The molecule has 0 saturated carbocycles. The fourth-order valence-corrected chi connectivity index (χ4v) is 3.62. The Morgan fingerprint density at radius 1 is 1.36 bits per heavy atom. The van der Waals surface area contributed by atoms with E-state index in [4.69, 9.17) is 11.6 Å². The standard InChI is InChI=1S/C16H18ClN3OS/c1-11-2-3-14(22-11)16(21)19-12-5-8-20(9-6-12)13-4-7-18-15(17)10-13/h2-4,7,10,12H,5-6,8-9H2,1H3,(H,19,21). The van der Waals surface area contributed by atoms with Crippen LogP contribution in [0.1, 0.15) is 27.4 Å². The van der Waals surface area contributed by atoms with Gasteiger partial charge in [0.25, 0.3) is 5.91 Å². The predicted molar refractivity (Wildman–Crippen MR) is 91.0 cm³/mol. The molecule has 0 aliphatic carbocycles. The normalized spacial score (nSPS) is 15.8. The molecule has 2 aromatic heterocycles. The molecular formula is C16H18ClN3OS. The molecule has 1 aliphatic rings. The van der Waals surface area contributed by atoms with Crippen molar-refractivity contribution in [2.24, 2.45) is 0 Å². The second kappa shape index (κ2) is 6.67. The molecule has 6 heteroatoms. The summed E-state index contributed by atoms with van der Waals surface area (Å²) < 4.78 is 0. The van der Waals surface area contributed by atoms with Crippen LogP contribution in [-0.4, -0.2) is 30.0 Å². The average Bonchev–Trinajstić information content (AvgIpc) is 2.95. The van der Waals surface area contributed by atoms with Crippen LogP contribution in [0.2, 0.25) is 5.15 Å². The predicted octanol–water partition coefficient (Wildman–Crippen LogP) is 3.50. The number of aromatic nitrogens is 1. The number of aryl methyl sites for hydroxylation is 1. The van der Waals surface area contributed by atoms with Crippen molar-refractivity contribution in [3.63, 3.8) is 0 Å². The summed E-state index contributed by atoms with van der Waals surface area (Å²) in [6, 6.07) is 7.97. The van der Waals surface area contributed by atoms with Crippen molar-refractivity contribution in [2.45, 2.75) is 25.8 Å². The molecule has 0 spiro atoms. The number of thiophene rings is 1. The molecule has 1 amide bonds. The Morgan fingerprint density at radius 3 is 2.77 bits per heavy atom. The van der Waals surface area contributed by atoms with Gasteiger partial charge in [-0.25, -0.2) is 4.98 Å². The Balaban J connectivity index is 1.54. The van der Waals surface area contributed by atoms with Gasteiger partial charge in [-0.05, 0) is 44.0 Å². The molecule has 2 aromatic rings. The minimum Gasteiger partial charge on any atom is -0.371 e. The molecule has 0 radical (unpaired) electrons. The summed E-state index contributed by atoms with van der Waals surface area (Å²) in [5.41, 5.74) is 1.10. The van der Waals surface area contributed by atoms with Crippen molar-refractivity contribution < 1.29 is 4.79 Å². The lowest BCUT2D eigenvalue weighted by Gasteiger charge is -2.33. The van der Waals surface area contributed by atoms with E-state index in [0.717, 1.165) is 41.4 Å². The third-order valence-corrected chi connectivity index (χ3v) is 5.08. The quantitative estimate of drug-likeness (QED) is 0.873. The number of nitrogens with zero attached hydrogens (tertiary/aromatic N) is 2. The SMILES string of the molecule is Cc1ccc(C(=O)NC2CCN(c3ccnc(Cl)c3)CC2)s1. The van der Waals surface area contributed by atoms with Gasteiger partial charge in [-0.15, -0.1) is 11.3 Å². The largest absolute Gasteiger partial charge is 0.371 e. The van der Waals surface area contributed by atoms with Crippen molar-refractivity contribution in [1.29, 1.82) is 0 Å². The van der Waals surface area contributed by atoms with Gasteiger partial charge in [0, 0.05) is 35.9 Å². The molecule has 0 atom stereocenters. The number of amides is 1. The zero-order valence-corrected chi connectivity index (χ0v) is 14.0. The summed E-state index contributed by atoms with van der Waals surface area (Å²) in [4.78, 5) is 20.4. The number of carbonyl (C=O) groups excluding carboxylic acids is 1. The number of rotatable bonds is 3. The van der Waals surface area contributed by atoms with E-state index in [-0.39, 0.29) is 11.9 Å². The first-order valence-electron chi connectivity index (χ1n) is 7.35. The lowest BCUT2D eigenvalue weighted by atomic mass is 10.0. The molecule has 1 N–H and O–H groups in total. The van der Waals surface area contributed by atoms with Gasteiger partial charge < -0.3 is 10.2 Å². The molecule has 116 valence electrons. The van der Waals surface area contributed by atoms with E-state index >= 15 is 0 Å². The first kappa shape index (κ1) is 15.3. The van der Waals surface area contributed by atoms with Crippen LogP contribution in [0.5, 0.6) is 0 Å². The zero-order valence-electron chi connectivity index (χ0n) is 12.4. The van der Waals surface area contributed by atoms with Gasteiger partial charge in [-0.1, -0.05) is 11.6 Å². The Hall–Kier alpha value is -1.59. The molecule has 22 heavy (non-hydrogen) atoms. The van der Waals surface area contributed by atoms with E-state index in [2.05, 4.69) is 15.2 Å². The Labute approximate surface area is 139 Å². The van der Waals surface area contributed by atoms with Gasteiger partial charge in [-0.2, -0.15) is 0 Å². The first-order chi connectivity index (χ1) is 10.6. The molecule has 1 aliphatic heterocycles. The maximum atomic E-state index is 12.2. The van der Waals surface area contributed by atoms with Crippen LogP contribution in [0.4, 0.5) is 5.69 Å². The highest BCUT2D eigenvalue weighted by Crippen LogP contribution is 2.22. The minimum absolute atomic E-state index is 0.0449. The lowest BCUT2D eigenvalue weighted by Crippen LogP contribution is -2.44. The van der Waals surface area contributed by atoms with Crippen molar-refractivity contribution in [1.82, 2.24) is 10.3 Å². The second-order valence-corrected chi connectivity index (χ2v) is 7.16. The highest BCUT2D eigenvalue weighted by Gasteiger charge is 2.22. The highest BCUT2D eigenvalue weighted by atomic mass is 35.5. The van der Waals surface area contributed by atoms with Crippen molar-refractivity contribution in [3.8, 4) is 0 Å². The number of carbonyl (C=O) groups is 1. The molecule has 1 saturated heterocycles. The number of piperidine rings is 1. The minimum atomic E-state index is 0.0449. The maximum absolute atomic E-state index is 12.2. The summed E-state index contributed by atoms with van der Waals surface area (Å²) in [5, 5.41) is 3.65. The van der Waals surface area contributed by atoms with Crippen LogP contribution < -0.4 is 10.2 Å². The van der Waals surface area contributed by atoms with Crippen LogP contribution in [0, 0.1) is 6.92 Å². The highest BCUT2D eigenvalue weighted by molar-refractivity contribution is 7.13. The Kier molecular flexibility index (Phi) is 4.64. The van der Waals surface area contributed by atoms with Gasteiger partial charge in [0.1, 0.15) is 5.15 Å². The number of hydrogen-bond acceptors (Lipinski definition) is 4. The van der Waals surface area contributed by atoms with Gasteiger partial charge in [0.05, 0.1) is 4.88 Å². The van der Waals surface area contributed by atoms with E-state index in [1.165, 1.54) is 11.3 Å². The average molecular weight is 336 g/mol. The van der Waals surface area contributed by atoms with Crippen molar-refractivity contribution >= 4 is 34.5 Å². The Bertz CT molecular complexity index is 665. The fourth-order valence-electron chi connectivity index (χ4n) is 2.68. The van der Waals surface area contributed by atoms with E-state index in [9.17, 15) is 4.79 Å². The van der Waals surface area contributed by atoms with Crippen molar-refractivity contribution in [3.05, 3.63) is 45.4 Å². The first-order valence-corrected chi connectivity index (χ1v) is 8.55. The summed E-state index contributed by atoms with van der Waals surface area (Å²) in [6.07, 6.45) is 3.61. The fraction of sp³-hybridized carbons (Fsp3) is 0.375. The topological polar surface area (TPSA) is 45.2 Å². The molecular weight excluding hydrogens is 318 g/mol. The smallest absolute Gasteiger partial charge is 0.261 e. The molecule has 0 bridgehead atoms. The number of halogens is 1. The van der Waals surface area contributed by atoms with E-state index in [0.29, 0.717) is 5.15 Å². The van der Waals surface area contributed by atoms with Gasteiger partial charge in [0.2, 0.25) is 0 Å². The van der Waals surface area contributed by atoms with E-state index < -0.39 is 0 Å². The summed E-state index contributed by atoms with van der Waals surface area (Å²) in [7, 11) is 0. The van der Waals surface area contributed by atoms with Crippen LogP contribution in [0.25, 0.3) is 0 Å². The zero-order chi connectivity index (χ0) is 15.5. The third kappa shape index (κ3) is 3.59. The molecule has 3 rings (SSSR count). The van der Waals surface area contributed by atoms with Gasteiger partial charge in [0.15, 0.2) is 0 Å². The second-order valence-electron chi connectivity index (χ2n) is 5.48. The van der Waals surface area contributed by atoms with Crippen LogP contribution in [0.15, 0.2) is 30.5 Å². The summed E-state index contributed by atoms with van der Waals surface area (Å²) >= 11 is 7.48. The summed E-state index contributed by atoms with van der Waals surface area (Å²) in [5.74, 6) is 0.0449. The van der Waals surface area contributed by atoms with Gasteiger partial charge in [-0.3, -0.25) is 4.79 Å². The number of nitrogens with one attached hydrogen (secondary N) is 1. The van der Waals surface area contributed by atoms with E-state index in [1.807, 2.05) is 31.2 Å². The number of hydrogen-bond donors (Lipinski definition) is 1. The maximum Gasteiger partial charge on any atom is 0.261 e. The van der Waals surface area contributed by atoms with Gasteiger partial charge >= 0.3 is 0 Å². The van der Waals surface area contributed by atoms with Crippen molar-refractivity contribution in [2.75, 3.05) is 18.0 Å². The van der Waals surface area contributed by atoms with Crippen LogP contribution in [-0.2, 0) is 0 Å². The lowest BCUT2D eigenvalue weighted by molar-refractivity contribution is 0.0935. The summed E-state index contributed by atoms with van der Waals surface area (Å²) in [6.45, 7) is 3.84. The molecule has 0 unspecified atom stereocenters. The molecule has 3 heterocycles. The van der Waals surface area contributed by atoms with Crippen LogP contribution >= 0.6 is 22.9 Å². The van der Waals surface area contributed by atoms with Crippen LogP contribution in [0.3, 0.4) is 0 Å². The van der Waals surface area contributed by atoms with E-state index in [1.54, 1.807) is 6.20 Å². The number of pyridine rings is 1. The molecule has 0 aromatic carbocycles. The number of anilines is 1. The monoisotopic (exact) mass is 335 g/mol.